The number of rotatable bonds is 4. The molecule has 1 fully saturated rings. The minimum Gasteiger partial charge on any atom is -0.507 e. The molecule has 1 unspecified atom stereocenters. The van der Waals surface area contributed by atoms with E-state index in [0.717, 1.165) is 10.8 Å². The van der Waals surface area contributed by atoms with Crippen LogP contribution in [0.3, 0.4) is 0 Å². The topological polar surface area (TPSA) is 70.8 Å². The minimum absolute atomic E-state index is 0.0375. The standard InChI is InChI=1S/C26H18FNO4/c27-18-12-10-17(11-13-18)24(29)22-23(21-9-3-6-16-5-1-2-8-20(16)21)28(26(31)25(22)30)15-19-7-4-14-32-19/h1-14,23,29H,15H2/b24-22-. The smallest absolute Gasteiger partial charge is 0.296 e. The molecule has 0 aliphatic carbocycles. The molecule has 1 aromatic heterocycles. The number of Topliss-reactive ketones (excluding diaryl/α,β-unsaturated/α-hetero) is 1. The van der Waals surface area contributed by atoms with Crippen LogP contribution in [0.5, 0.6) is 0 Å². The number of likely N-dealkylation sites (tertiary alicyclic amines) is 1. The Morgan fingerprint density at radius 1 is 0.938 bits per heavy atom. The third kappa shape index (κ3) is 3.26. The molecule has 1 N–H and O–H groups in total. The van der Waals surface area contributed by atoms with Gasteiger partial charge in [-0.1, -0.05) is 42.5 Å². The Labute approximate surface area is 183 Å². The van der Waals surface area contributed by atoms with Gasteiger partial charge in [-0.25, -0.2) is 4.39 Å². The van der Waals surface area contributed by atoms with Crippen molar-refractivity contribution in [1.29, 1.82) is 0 Å². The van der Waals surface area contributed by atoms with Crippen molar-refractivity contribution in [2.24, 2.45) is 0 Å². The van der Waals surface area contributed by atoms with Crippen molar-refractivity contribution in [2.45, 2.75) is 12.6 Å². The fourth-order valence-corrected chi connectivity index (χ4v) is 4.19. The second kappa shape index (κ2) is 7.81. The highest BCUT2D eigenvalue weighted by Crippen LogP contribution is 2.42. The zero-order valence-corrected chi connectivity index (χ0v) is 16.9. The Hall–Kier alpha value is -4.19. The number of amides is 1. The lowest BCUT2D eigenvalue weighted by atomic mass is 9.91. The Kier molecular flexibility index (Phi) is 4.82. The van der Waals surface area contributed by atoms with Crippen molar-refractivity contribution >= 4 is 28.2 Å². The molecule has 0 bridgehead atoms. The molecule has 158 valence electrons. The Balaban J connectivity index is 1.74. The Morgan fingerprint density at radius 3 is 2.44 bits per heavy atom. The summed E-state index contributed by atoms with van der Waals surface area (Å²) in [6, 6.07) is 21.0. The summed E-state index contributed by atoms with van der Waals surface area (Å²) in [5, 5.41) is 12.9. The van der Waals surface area contributed by atoms with E-state index in [0.29, 0.717) is 11.3 Å². The first kappa shape index (κ1) is 19.8. The third-order valence-corrected chi connectivity index (χ3v) is 5.68. The SMILES string of the molecule is O=C1C(=O)N(Cc2ccco2)C(c2cccc3ccccc23)/C1=C(/O)c1ccc(F)cc1. The second-order valence-electron chi connectivity index (χ2n) is 7.58. The van der Waals surface area contributed by atoms with E-state index in [1.54, 1.807) is 12.1 Å². The predicted octanol–water partition coefficient (Wildman–Crippen LogP) is 5.19. The van der Waals surface area contributed by atoms with Gasteiger partial charge < -0.3 is 14.4 Å². The van der Waals surface area contributed by atoms with E-state index in [1.165, 1.54) is 35.4 Å². The van der Waals surface area contributed by atoms with Crippen LogP contribution < -0.4 is 0 Å². The molecule has 6 heteroatoms. The Morgan fingerprint density at radius 2 is 1.69 bits per heavy atom. The monoisotopic (exact) mass is 427 g/mol. The van der Waals surface area contributed by atoms with Gasteiger partial charge in [0.15, 0.2) is 0 Å². The molecule has 2 heterocycles. The van der Waals surface area contributed by atoms with Gasteiger partial charge >= 0.3 is 0 Å². The average molecular weight is 427 g/mol. The zero-order valence-electron chi connectivity index (χ0n) is 16.9. The summed E-state index contributed by atoms with van der Waals surface area (Å²) < 4.78 is 18.8. The van der Waals surface area contributed by atoms with E-state index < -0.39 is 23.5 Å². The number of nitrogens with zero attached hydrogens (tertiary/aromatic N) is 1. The molecule has 1 saturated heterocycles. The summed E-state index contributed by atoms with van der Waals surface area (Å²) in [5.41, 5.74) is 0.926. The number of fused-ring (bicyclic) bond motifs is 1. The summed E-state index contributed by atoms with van der Waals surface area (Å²) >= 11 is 0. The number of halogens is 1. The number of ketones is 1. The number of carbonyl (C=O) groups is 2. The van der Waals surface area contributed by atoms with E-state index in [2.05, 4.69) is 0 Å². The highest BCUT2D eigenvalue weighted by molar-refractivity contribution is 6.46. The molecule has 1 amide bonds. The zero-order chi connectivity index (χ0) is 22.2. The van der Waals surface area contributed by atoms with Crippen LogP contribution in [0.25, 0.3) is 16.5 Å². The quantitative estimate of drug-likeness (QED) is 0.276. The molecule has 1 aliphatic heterocycles. The number of aliphatic hydroxyl groups is 1. The van der Waals surface area contributed by atoms with Crippen molar-refractivity contribution in [2.75, 3.05) is 0 Å². The molecular weight excluding hydrogens is 409 g/mol. The molecule has 1 atom stereocenters. The van der Waals surface area contributed by atoms with Crippen LogP contribution in [0.4, 0.5) is 4.39 Å². The second-order valence-corrected chi connectivity index (χ2v) is 7.58. The van der Waals surface area contributed by atoms with Crippen LogP contribution in [0.2, 0.25) is 0 Å². The van der Waals surface area contributed by atoms with Gasteiger partial charge in [-0.3, -0.25) is 9.59 Å². The molecule has 0 radical (unpaired) electrons. The lowest BCUT2D eigenvalue weighted by Gasteiger charge is -2.25. The summed E-state index contributed by atoms with van der Waals surface area (Å²) in [7, 11) is 0. The van der Waals surface area contributed by atoms with Crippen LogP contribution in [0.1, 0.15) is 22.9 Å². The summed E-state index contributed by atoms with van der Waals surface area (Å²) in [4.78, 5) is 27.6. The number of furan rings is 1. The maximum atomic E-state index is 13.4. The number of hydrogen-bond acceptors (Lipinski definition) is 4. The van der Waals surface area contributed by atoms with Crippen molar-refractivity contribution in [1.82, 2.24) is 4.90 Å². The molecule has 3 aromatic carbocycles. The highest BCUT2D eigenvalue weighted by atomic mass is 19.1. The van der Waals surface area contributed by atoms with E-state index >= 15 is 0 Å². The highest BCUT2D eigenvalue weighted by Gasteiger charge is 2.46. The molecule has 5 nitrogen and oxygen atoms in total. The first-order valence-electron chi connectivity index (χ1n) is 10.1. The molecule has 5 rings (SSSR count). The summed E-state index contributed by atoms with van der Waals surface area (Å²) in [6.07, 6.45) is 1.50. The third-order valence-electron chi connectivity index (χ3n) is 5.68. The van der Waals surface area contributed by atoms with Crippen LogP contribution in [0, 0.1) is 5.82 Å². The van der Waals surface area contributed by atoms with E-state index in [1.807, 2.05) is 42.5 Å². The molecule has 1 aliphatic rings. The van der Waals surface area contributed by atoms with Gasteiger partial charge in [-0.15, -0.1) is 0 Å². The minimum atomic E-state index is -0.837. The predicted molar refractivity (Wildman–Crippen MR) is 117 cm³/mol. The number of benzene rings is 3. The van der Waals surface area contributed by atoms with Crippen LogP contribution in [-0.4, -0.2) is 21.7 Å². The van der Waals surface area contributed by atoms with Gasteiger partial charge in [0.05, 0.1) is 24.4 Å². The number of hydrogen-bond donors (Lipinski definition) is 1. The largest absolute Gasteiger partial charge is 0.507 e. The van der Waals surface area contributed by atoms with E-state index in [9.17, 15) is 19.1 Å². The maximum absolute atomic E-state index is 13.4. The van der Waals surface area contributed by atoms with Crippen molar-refractivity contribution in [3.63, 3.8) is 0 Å². The molecule has 32 heavy (non-hydrogen) atoms. The fraction of sp³-hybridized carbons (Fsp3) is 0.0769. The van der Waals surface area contributed by atoms with Gasteiger partial charge in [-0.05, 0) is 52.7 Å². The maximum Gasteiger partial charge on any atom is 0.296 e. The van der Waals surface area contributed by atoms with Crippen LogP contribution in [0.15, 0.2) is 95.1 Å². The van der Waals surface area contributed by atoms with Gasteiger partial charge in [0, 0.05) is 5.56 Å². The fourth-order valence-electron chi connectivity index (χ4n) is 4.19. The lowest BCUT2D eigenvalue weighted by molar-refractivity contribution is -0.140. The number of carbonyl (C=O) groups excluding carboxylic acids is 2. The summed E-state index contributed by atoms with van der Waals surface area (Å²) in [5.74, 6) is -1.83. The van der Waals surface area contributed by atoms with E-state index in [4.69, 9.17) is 4.42 Å². The van der Waals surface area contributed by atoms with Gasteiger partial charge in [-0.2, -0.15) is 0 Å². The van der Waals surface area contributed by atoms with Crippen molar-refractivity contribution < 1.29 is 23.5 Å². The van der Waals surface area contributed by atoms with E-state index in [-0.39, 0.29) is 23.4 Å². The Bertz CT molecular complexity index is 1350. The van der Waals surface area contributed by atoms with Gasteiger partial charge in [0.1, 0.15) is 17.3 Å². The molecule has 0 spiro atoms. The normalized spacial score (nSPS) is 17.9. The van der Waals surface area contributed by atoms with Gasteiger partial charge in [0.25, 0.3) is 11.7 Å². The number of aliphatic hydroxyl groups excluding tert-OH is 1. The molecule has 0 saturated carbocycles. The first-order chi connectivity index (χ1) is 15.5. The molecular formula is C26H18FNO4. The first-order valence-corrected chi connectivity index (χ1v) is 10.1. The van der Waals surface area contributed by atoms with Crippen molar-refractivity contribution in [3.8, 4) is 0 Å². The lowest BCUT2D eigenvalue weighted by Crippen LogP contribution is -2.29. The molecule has 4 aromatic rings. The average Bonchev–Trinajstić information content (AvgIpc) is 3.41. The van der Waals surface area contributed by atoms with Crippen LogP contribution in [-0.2, 0) is 16.1 Å². The summed E-state index contributed by atoms with van der Waals surface area (Å²) in [6.45, 7) is 0.0612. The van der Waals surface area contributed by atoms with Crippen LogP contribution >= 0.6 is 0 Å². The van der Waals surface area contributed by atoms with Crippen molar-refractivity contribution in [3.05, 3.63) is 113 Å². The van der Waals surface area contributed by atoms with Gasteiger partial charge in [0.2, 0.25) is 0 Å².